The second-order valence-corrected chi connectivity index (χ2v) is 5.84. The summed E-state index contributed by atoms with van der Waals surface area (Å²) in [5.41, 5.74) is 8.23. The number of fused-ring (bicyclic) bond motifs is 1. The molecule has 5 nitrogen and oxygen atoms in total. The number of piperidine rings is 2. The van der Waals surface area contributed by atoms with E-state index < -0.39 is 0 Å². The van der Waals surface area contributed by atoms with Gasteiger partial charge in [-0.05, 0) is 37.3 Å². The number of nitrogens with zero attached hydrogens (tertiary/aromatic N) is 2. The molecule has 0 radical (unpaired) electrons. The number of amides is 1. The van der Waals surface area contributed by atoms with Crippen molar-refractivity contribution in [1.82, 2.24) is 10.3 Å². The summed E-state index contributed by atoms with van der Waals surface area (Å²) in [5, 5.41) is 3.12. The molecule has 1 amide bonds. The lowest BCUT2D eigenvalue weighted by molar-refractivity contribution is -0.124. The fourth-order valence-electron chi connectivity index (χ4n) is 3.40. The molecule has 2 aliphatic rings. The standard InChI is InChI=1S/C15H22N4O/c1-10-4-6-17-15(12(10)8-16)19-7-5-13-11(9-19)2-3-14(20)18-13/h4,6,11,13H,2-3,5,7-9,16H2,1H3,(H,18,20). The van der Waals surface area contributed by atoms with E-state index in [0.29, 0.717) is 24.9 Å². The van der Waals surface area contributed by atoms with Gasteiger partial charge < -0.3 is 16.0 Å². The topological polar surface area (TPSA) is 71.2 Å². The average molecular weight is 274 g/mol. The first kappa shape index (κ1) is 13.4. The first-order valence-electron chi connectivity index (χ1n) is 7.38. The highest BCUT2D eigenvalue weighted by atomic mass is 16.1. The van der Waals surface area contributed by atoms with E-state index in [0.717, 1.165) is 37.3 Å². The molecule has 2 saturated heterocycles. The molecule has 1 aromatic heterocycles. The first-order valence-corrected chi connectivity index (χ1v) is 7.38. The Hall–Kier alpha value is -1.62. The maximum Gasteiger partial charge on any atom is 0.220 e. The van der Waals surface area contributed by atoms with Crippen molar-refractivity contribution < 1.29 is 4.79 Å². The van der Waals surface area contributed by atoms with Gasteiger partial charge in [0.15, 0.2) is 0 Å². The van der Waals surface area contributed by atoms with Gasteiger partial charge in [-0.2, -0.15) is 0 Å². The minimum atomic E-state index is 0.205. The Morgan fingerprint density at radius 1 is 1.50 bits per heavy atom. The summed E-state index contributed by atoms with van der Waals surface area (Å²) >= 11 is 0. The molecule has 0 saturated carbocycles. The zero-order chi connectivity index (χ0) is 14.1. The van der Waals surface area contributed by atoms with Crippen molar-refractivity contribution in [2.24, 2.45) is 11.7 Å². The summed E-state index contributed by atoms with van der Waals surface area (Å²) in [6.07, 6.45) is 4.49. The molecule has 2 aliphatic heterocycles. The van der Waals surface area contributed by atoms with Gasteiger partial charge in [0.25, 0.3) is 0 Å². The molecule has 0 bridgehead atoms. The van der Waals surface area contributed by atoms with Gasteiger partial charge in [-0.15, -0.1) is 0 Å². The Balaban J connectivity index is 1.80. The van der Waals surface area contributed by atoms with Gasteiger partial charge in [-0.1, -0.05) is 0 Å². The van der Waals surface area contributed by atoms with E-state index >= 15 is 0 Å². The number of hydrogen-bond donors (Lipinski definition) is 2. The van der Waals surface area contributed by atoms with Crippen LogP contribution in [0.15, 0.2) is 12.3 Å². The Morgan fingerprint density at radius 3 is 3.15 bits per heavy atom. The summed E-state index contributed by atoms with van der Waals surface area (Å²) in [6, 6.07) is 2.36. The number of pyridine rings is 1. The molecule has 0 aliphatic carbocycles. The lowest BCUT2D eigenvalue weighted by Crippen LogP contribution is -2.54. The molecule has 3 rings (SSSR count). The van der Waals surface area contributed by atoms with Crippen molar-refractivity contribution in [3.8, 4) is 0 Å². The van der Waals surface area contributed by atoms with Crippen molar-refractivity contribution in [1.29, 1.82) is 0 Å². The molecule has 108 valence electrons. The Kier molecular flexibility index (Phi) is 3.61. The van der Waals surface area contributed by atoms with Gasteiger partial charge in [0.05, 0.1) is 0 Å². The van der Waals surface area contributed by atoms with Crippen molar-refractivity contribution in [3.63, 3.8) is 0 Å². The van der Waals surface area contributed by atoms with Gasteiger partial charge in [-0.3, -0.25) is 4.79 Å². The largest absolute Gasteiger partial charge is 0.356 e. The number of hydrogen-bond acceptors (Lipinski definition) is 4. The number of rotatable bonds is 2. The van der Waals surface area contributed by atoms with Crippen LogP contribution in [0.3, 0.4) is 0 Å². The summed E-state index contributed by atoms with van der Waals surface area (Å²) < 4.78 is 0. The van der Waals surface area contributed by atoms with E-state index in [1.165, 1.54) is 5.56 Å². The number of anilines is 1. The molecular formula is C15H22N4O. The Bertz CT molecular complexity index is 517. The predicted octanol–water partition coefficient (Wildman–Crippen LogP) is 0.954. The Labute approximate surface area is 119 Å². The van der Waals surface area contributed by atoms with Crippen molar-refractivity contribution in [2.45, 2.75) is 38.8 Å². The lowest BCUT2D eigenvalue weighted by Gasteiger charge is -2.42. The first-order chi connectivity index (χ1) is 9.69. The van der Waals surface area contributed by atoms with Crippen LogP contribution in [0.1, 0.15) is 30.4 Å². The Morgan fingerprint density at radius 2 is 2.35 bits per heavy atom. The van der Waals surface area contributed by atoms with E-state index in [1.807, 2.05) is 12.3 Å². The smallest absolute Gasteiger partial charge is 0.220 e. The molecule has 3 N–H and O–H groups in total. The predicted molar refractivity (Wildman–Crippen MR) is 78.4 cm³/mol. The fraction of sp³-hybridized carbons (Fsp3) is 0.600. The summed E-state index contributed by atoms with van der Waals surface area (Å²) in [6.45, 7) is 4.51. The third-order valence-electron chi connectivity index (χ3n) is 4.59. The number of aryl methyl sites for hydroxylation is 1. The maximum absolute atomic E-state index is 11.5. The number of nitrogens with two attached hydrogens (primary N) is 1. The van der Waals surface area contributed by atoms with Gasteiger partial charge in [-0.25, -0.2) is 4.98 Å². The van der Waals surface area contributed by atoms with Gasteiger partial charge in [0, 0.05) is 43.9 Å². The highest BCUT2D eigenvalue weighted by Crippen LogP contribution is 2.30. The number of aromatic nitrogens is 1. The normalized spacial score (nSPS) is 26.1. The van der Waals surface area contributed by atoms with Gasteiger partial charge >= 0.3 is 0 Å². The summed E-state index contributed by atoms with van der Waals surface area (Å²) in [4.78, 5) is 18.3. The maximum atomic E-state index is 11.5. The van der Waals surface area contributed by atoms with E-state index in [4.69, 9.17) is 5.73 Å². The van der Waals surface area contributed by atoms with Crippen LogP contribution in [-0.2, 0) is 11.3 Å². The lowest BCUT2D eigenvalue weighted by atomic mass is 9.85. The van der Waals surface area contributed by atoms with Crippen LogP contribution in [0.2, 0.25) is 0 Å². The summed E-state index contributed by atoms with van der Waals surface area (Å²) in [5.74, 6) is 1.77. The summed E-state index contributed by atoms with van der Waals surface area (Å²) in [7, 11) is 0. The monoisotopic (exact) mass is 274 g/mol. The SMILES string of the molecule is Cc1ccnc(N2CCC3NC(=O)CCC3C2)c1CN. The minimum absolute atomic E-state index is 0.205. The molecule has 2 unspecified atom stereocenters. The van der Waals surface area contributed by atoms with Crippen LogP contribution in [0, 0.1) is 12.8 Å². The zero-order valence-corrected chi connectivity index (χ0v) is 11.9. The van der Waals surface area contributed by atoms with E-state index in [2.05, 4.69) is 22.1 Å². The second-order valence-electron chi connectivity index (χ2n) is 5.84. The van der Waals surface area contributed by atoms with Crippen molar-refractivity contribution in [3.05, 3.63) is 23.4 Å². The van der Waals surface area contributed by atoms with Crippen LogP contribution >= 0.6 is 0 Å². The molecule has 3 heterocycles. The van der Waals surface area contributed by atoms with Gasteiger partial charge in [0.1, 0.15) is 5.82 Å². The second kappa shape index (κ2) is 5.40. The zero-order valence-electron chi connectivity index (χ0n) is 11.9. The number of carbonyl (C=O) groups excluding carboxylic acids is 1. The van der Waals surface area contributed by atoms with Crippen molar-refractivity contribution in [2.75, 3.05) is 18.0 Å². The molecule has 5 heteroatoms. The average Bonchev–Trinajstić information content (AvgIpc) is 2.46. The van der Waals surface area contributed by atoms with E-state index in [9.17, 15) is 4.79 Å². The van der Waals surface area contributed by atoms with Crippen LogP contribution in [0.4, 0.5) is 5.82 Å². The fourth-order valence-corrected chi connectivity index (χ4v) is 3.40. The molecular weight excluding hydrogens is 252 g/mol. The molecule has 1 aromatic rings. The van der Waals surface area contributed by atoms with Crippen molar-refractivity contribution >= 4 is 11.7 Å². The third-order valence-corrected chi connectivity index (χ3v) is 4.59. The third kappa shape index (κ3) is 2.38. The quantitative estimate of drug-likeness (QED) is 0.842. The number of nitrogens with one attached hydrogen (secondary N) is 1. The van der Waals surface area contributed by atoms with E-state index in [-0.39, 0.29) is 5.91 Å². The number of carbonyl (C=O) groups is 1. The molecule has 0 aromatic carbocycles. The molecule has 20 heavy (non-hydrogen) atoms. The molecule has 0 spiro atoms. The van der Waals surface area contributed by atoms with Crippen LogP contribution < -0.4 is 16.0 Å². The highest BCUT2D eigenvalue weighted by Gasteiger charge is 2.34. The van der Waals surface area contributed by atoms with Crippen LogP contribution in [-0.4, -0.2) is 30.0 Å². The molecule has 2 fully saturated rings. The van der Waals surface area contributed by atoms with E-state index in [1.54, 1.807) is 0 Å². The van der Waals surface area contributed by atoms with Crippen LogP contribution in [0.5, 0.6) is 0 Å². The minimum Gasteiger partial charge on any atom is -0.356 e. The highest BCUT2D eigenvalue weighted by molar-refractivity contribution is 5.77. The van der Waals surface area contributed by atoms with Crippen LogP contribution in [0.25, 0.3) is 0 Å². The van der Waals surface area contributed by atoms with Gasteiger partial charge in [0.2, 0.25) is 5.91 Å². The molecule has 2 atom stereocenters.